The van der Waals surface area contributed by atoms with Crippen LogP contribution in [0.15, 0.2) is 64.7 Å². The molecule has 0 spiro atoms. The highest BCUT2D eigenvalue weighted by Crippen LogP contribution is 2.21. The van der Waals surface area contributed by atoms with Crippen LogP contribution in [0.5, 0.6) is 5.75 Å². The monoisotopic (exact) mass is 378 g/mol. The van der Waals surface area contributed by atoms with Crippen molar-refractivity contribution in [2.24, 2.45) is 10.1 Å². The summed E-state index contributed by atoms with van der Waals surface area (Å²) in [6.07, 6.45) is 5.39. The zero-order valence-corrected chi connectivity index (χ0v) is 15.7. The van der Waals surface area contributed by atoms with E-state index in [0.717, 1.165) is 21.9 Å². The summed E-state index contributed by atoms with van der Waals surface area (Å²) in [5.41, 5.74) is 1.53. The lowest BCUT2D eigenvalue weighted by molar-refractivity contribution is -0.116. The maximum absolute atomic E-state index is 12.7. The summed E-state index contributed by atoms with van der Waals surface area (Å²) in [6, 6.07) is 15.4. The molecule has 2 heterocycles. The highest BCUT2D eigenvalue weighted by atomic mass is 32.2. The van der Waals surface area contributed by atoms with E-state index in [1.165, 1.54) is 11.8 Å². The van der Waals surface area contributed by atoms with Crippen molar-refractivity contribution in [1.82, 2.24) is 10.3 Å². The van der Waals surface area contributed by atoms with Crippen molar-refractivity contribution in [2.75, 3.05) is 13.4 Å². The van der Waals surface area contributed by atoms with Crippen LogP contribution in [0.2, 0.25) is 0 Å². The van der Waals surface area contributed by atoms with Gasteiger partial charge >= 0.3 is 0 Å². The molecule has 0 bridgehead atoms. The van der Waals surface area contributed by atoms with Crippen LogP contribution in [0.1, 0.15) is 5.56 Å². The number of amides is 1. The Hall–Kier alpha value is -3.06. The van der Waals surface area contributed by atoms with Gasteiger partial charge in [0.1, 0.15) is 11.4 Å². The summed E-state index contributed by atoms with van der Waals surface area (Å²) in [5.74, 6) is 0.639. The van der Waals surface area contributed by atoms with Crippen molar-refractivity contribution >= 4 is 34.6 Å². The first-order chi connectivity index (χ1) is 13.2. The van der Waals surface area contributed by atoms with Crippen molar-refractivity contribution in [3.05, 3.63) is 70.7 Å². The summed E-state index contributed by atoms with van der Waals surface area (Å²) in [4.78, 5) is 17.5. The van der Waals surface area contributed by atoms with Gasteiger partial charge in [-0.25, -0.2) is 5.01 Å². The Bertz CT molecular complexity index is 1060. The van der Waals surface area contributed by atoms with Crippen molar-refractivity contribution in [3.8, 4) is 5.75 Å². The number of rotatable bonds is 3. The molecule has 1 atom stereocenters. The molecule has 1 amide bonds. The molecule has 1 unspecified atom stereocenters. The maximum atomic E-state index is 12.7. The van der Waals surface area contributed by atoms with Gasteiger partial charge in [-0.05, 0) is 36.1 Å². The van der Waals surface area contributed by atoms with Crippen LogP contribution in [0.3, 0.4) is 0 Å². The van der Waals surface area contributed by atoms with Gasteiger partial charge in [-0.3, -0.25) is 15.1 Å². The van der Waals surface area contributed by atoms with Gasteiger partial charge in [0.2, 0.25) is 0 Å². The maximum Gasteiger partial charge on any atom is 0.276 e. The van der Waals surface area contributed by atoms with Gasteiger partial charge < -0.3 is 4.74 Å². The fourth-order valence-corrected chi connectivity index (χ4v) is 3.35. The summed E-state index contributed by atoms with van der Waals surface area (Å²) >= 11 is 1.39. The predicted molar refractivity (Wildman–Crippen MR) is 107 cm³/mol. The third kappa shape index (κ3) is 3.33. The number of para-hydroxylation sites is 1. The van der Waals surface area contributed by atoms with Gasteiger partial charge in [-0.15, -0.1) is 5.10 Å². The van der Waals surface area contributed by atoms with E-state index in [4.69, 9.17) is 9.73 Å². The van der Waals surface area contributed by atoms with Crippen molar-refractivity contribution in [3.63, 3.8) is 0 Å². The Morgan fingerprint density at radius 1 is 1.19 bits per heavy atom. The van der Waals surface area contributed by atoms with Gasteiger partial charge in [0.25, 0.3) is 5.91 Å². The topological polar surface area (TPSA) is 66.3 Å². The molecule has 4 rings (SSSR count). The molecule has 0 radical (unpaired) electrons. The van der Waals surface area contributed by atoms with Crippen LogP contribution in [0, 0.1) is 0 Å². The summed E-state index contributed by atoms with van der Waals surface area (Å²) in [6.45, 7) is 0. The van der Waals surface area contributed by atoms with Gasteiger partial charge in [0, 0.05) is 5.22 Å². The molecule has 1 N–H and O–H groups in total. The third-order valence-corrected chi connectivity index (χ3v) is 4.88. The van der Waals surface area contributed by atoms with E-state index >= 15 is 0 Å². The number of hydrogen-bond acceptors (Lipinski definition) is 6. The first-order valence-electron chi connectivity index (χ1n) is 8.42. The lowest BCUT2D eigenvalue weighted by Gasteiger charge is -2.32. The molecule has 2 aromatic carbocycles. The minimum atomic E-state index is -0.398. The zero-order chi connectivity index (χ0) is 18.8. The quantitative estimate of drug-likeness (QED) is 0.880. The first-order valence-corrected chi connectivity index (χ1v) is 9.64. The normalized spacial score (nSPS) is 18.4. The van der Waals surface area contributed by atoms with Gasteiger partial charge in [0.05, 0.1) is 12.5 Å². The molecule has 6 nitrogen and oxygen atoms in total. The second kappa shape index (κ2) is 7.28. The molecule has 136 valence electrons. The Morgan fingerprint density at radius 3 is 2.70 bits per heavy atom. The van der Waals surface area contributed by atoms with Gasteiger partial charge in [-0.2, -0.15) is 0 Å². The summed E-state index contributed by atoms with van der Waals surface area (Å²) in [5, 5.41) is 11.2. The molecule has 0 aromatic heterocycles. The number of hydrogen-bond donors (Lipinski definition) is 1. The second-order valence-corrected chi connectivity index (χ2v) is 6.74. The van der Waals surface area contributed by atoms with E-state index in [-0.39, 0.29) is 5.91 Å². The number of hydrazone groups is 1. The molecule has 2 aromatic rings. The molecular formula is C20H18N4O2S. The Morgan fingerprint density at radius 2 is 1.96 bits per heavy atom. The summed E-state index contributed by atoms with van der Waals surface area (Å²) < 4.78 is 5.19. The number of nitrogens with one attached hydrogen (secondary N) is 1. The standard InChI is InChI=1S/C20H18N4O2S/c1-26-14-10-7-13(8-11-14)9-12-17-21-16-6-4-3-5-15(16)18-19(25)22-20(27-2)23-24(17)18/h3-12,17H,1-2H3,(H,22,23,25)/b12-9+. The third-order valence-electron chi connectivity index (χ3n) is 4.31. The number of ether oxygens (including phenoxy) is 1. The number of fused-ring (bicyclic) bond motifs is 2. The van der Waals surface area contributed by atoms with Crippen LogP contribution in [-0.2, 0) is 4.79 Å². The SMILES string of the molecule is COc1ccc(/C=C/C2N=c3ccccc3=C3C(=O)NC(SC)=NN32)cc1. The Labute approximate surface area is 160 Å². The highest BCUT2D eigenvalue weighted by Gasteiger charge is 2.31. The van der Waals surface area contributed by atoms with Crippen molar-refractivity contribution in [2.45, 2.75) is 6.17 Å². The smallest absolute Gasteiger partial charge is 0.276 e. The fraction of sp³-hybridized carbons (Fsp3) is 0.150. The zero-order valence-electron chi connectivity index (χ0n) is 14.9. The van der Waals surface area contributed by atoms with Crippen LogP contribution >= 0.6 is 11.8 Å². The van der Waals surface area contributed by atoms with E-state index in [1.54, 1.807) is 12.1 Å². The number of carbonyl (C=O) groups is 1. The number of amidine groups is 1. The average Bonchev–Trinajstić information content (AvgIpc) is 2.72. The molecule has 0 aliphatic carbocycles. The molecule has 2 aliphatic rings. The number of nitrogens with zero attached hydrogens (tertiary/aromatic N) is 3. The van der Waals surface area contributed by atoms with Gasteiger partial charge in [0.15, 0.2) is 11.3 Å². The minimum absolute atomic E-state index is 0.167. The largest absolute Gasteiger partial charge is 0.497 e. The lowest BCUT2D eigenvalue weighted by Crippen LogP contribution is -2.52. The number of thioether (sulfide) groups is 1. The minimum Gasteiger partial charge on any atom is -0.497 e. The van der Waals surface area contributed by atoms with Crippen LogP contribution in [0.25, 0.3) is 11.8 Å². The van der Waals surface area contributed by atoms with Crippen LogP contribution in [0.4, 0.5) is 0 Å². The first kappa shape index (κ1) is 17.4. The Balaban J connectivity index is 1.77. The highest BCUT2D eigenvalue weighted by molar-refractivity contribution is 8.13. The van der Waals surface area contributed by atoms with Crippen LogP contribution < -0.4 is 20.6 Å². The lowest BCUT2D eigenvalue weighted by atomic mass is 10.1. The van der Waals surface area contributed by atoms with Crippen molar-refractivity contribution in [1.29, 1.82) is 0 Å². The van der Waals surface area contributed by atoms with E-state index in [0.29, 0.717) is 10.9 Å². The molecule has 0 fully saturated rings. The van der Waals surface area contributed by atoms with Crippen molar-refractivity contribution < 1.29 is 9.53 Å². The van der Waals surface area contributed by atoms with Crippen LogP contribution in [-0.4, -0.2) is 35.6 Å². The summed E-state index contributed by atoms with van der Waals surface area (Å²) in [7, 11) is 1.64. The molecule has 2 aliphatic heterocycles. The van der Waals surface area contributed by atoms with E-state index in [9.17, 15) is 4.79 Å². The molecule has 0 saturated heterocycles. The molecular weight excluding hydrogens is 360 g/mol. The van der Waals surface area contributed by atoms with E-state index in [1.807, 2.05) is 66.9 Å². The van der Waals surface area contributed by atoms with Gasteiger partial charge in [-0.1, -0.05) is 48.2 Å². The molecule has 0 saturated carbocycles. The van der Waals surface area contributed by atoms with E-state index in [2.05, 4.69) is 10.4 Å². The fourth-order valence-electron chi connectivity index (χ4n) is 2.98. The average molecular weight is 378 g/mol. The molecule has 27 heavy (non-hydrogen) atoms. The van der Waals surface area contributed by atoms with E-state index < -0.39 is 6.17 Å². The number of carbonyl (C=O) groups excluding carboxylic acids is 1. The Kier molecular flexibility index (Phi) is 4.68. The number of methoxy groups -OCH3 is 1. The second-order valence-electron chi connectivity index (χ2n) is 5.95. The predicted octanol–water partition coefficient (Wildman–Crippen LogP) is 1.54. The molecule has 7 heteroatoms. The number of benzene rings is 2.